The Kier molecular flexibility index (Phi) is 5.41. The largest absolute Gasteiger partial charge is 0.473 e. The van der Waals surface area contributed by atoms with Crippen LogP contribution in [-0.2, 0) is 0 Å². The molecule has 0 unspecified atom stereocenters. The summed E-state index contributed by atoms with van der Waals surface area (Å²) >= 11 is 1.98. The zero-order valence-corrected chi connectivity index (χ0v) is 11.5. The van der Waals surface area contributed by atoms with Crippen molar-refractivity contribution in [3.63, 3.8) is 0 Å². The molecular weight excluding hydrogens is 266 g/mol. The first-order valence-electron chi connectivity index (χ1n) is 6.29. The van der Waals surface area contributed by atoms with Gasteiger partial charge < -0.3 is 9.64 Å². The number of aromatic nitrogens is 1. The van der Waals surface area contributed by atoms with Gasteiger partial charge in [-0.1, -0.05) is 0 Å². The van der Waals surface area contributed by atoms with E-state index in [0.29, 0.717) is 6.61 Å². The highest BCUT2D eigenvalue weighted by Gasteiger charge is 2.15. The fourth-order valence-corrected chi connectivity index (χ4v) is 2.89. The molecule has 0 saturated carbocycles. The van der Waals surface area contributed by atoms with Crippen molar-refractivity contribution in [1.29, 1.82) is 0 Å². The highest BCUT2D eigenvalue weighted by atomic mass is 32.2. The molecule has 1 fully saturated rings. The predicted octanol–water partition coefficient (Wildman–Crippen LogP) is 1.81. The van der Waals surface area contributed by atoms with Crippen molar-refractivity contribution < 1.29 is 9.66 Å². The Morgan fingerprint density at radius 3 is 3.00 bits per heavy atom. The average molecular weight is 283 g/mol. The minimum atomic E-state index is -0.468. The van der Waals surface area contributed by atoms with Gasteiger partial charge in [-0.2, -0.15) is 11.8 Å². The van der Waals surface area contributed by atoms with E-state index in [1.165, 1.54) is 29.8 Å². The molecule has 2 rings (SSSR count). The SMILES string of the molecule is O=[N+]([O-])c1cccnc1OCCCN1CCSCC1. The standard InChI is InChI=1S/C12H17N3O3S/c16-15(17)11-3-1-4-13-12(11)18-8-2-5-14-6-9-19-10-7-14/h1,3-4H,2,5-10H2. The Morgan fingerprint density at radius 1 is 1.47 bits per heavy atom. The van der Waals surface area contributed by atoms with Crippen LogP contribution >= 0.6 is 11.8 Å². The van der Waals surface area contributed by atoms with Gasteiger partial charge in [0, 0.05) is 43.4 Å². The van der Waals surface area contributed by atoms with Crippen LogP contribution in [0, 0.1) is 10.1 Å². The monoisotopic (exact) mass is 283 g/mol. The van der Waals surface area contributed by atoms with Crippen LogP contribution in [-0.4, -0.2) is 52.6 Å². The smallest absolute Gasteiger partial charge is 0.330 e. The van der Waals surface area contributed by atoms with Crippen LogP contribution in [0.15, 0.2) is 18.3 Å². The van der Waals surface area contributed by atoms with Crippen LogP contribution in [0.5, 0.6) is 5.88 Å². The predicted molar refractivity (Wildman–Crippen MR) is 74.8 cm³/mol. The summed E-state index contributed by atoms with van der Waals surface area (Å²) < 4.78 is 5.40. The average Bonchev–Trinajstić information content (AvgIpc) is 2.45. The summed E-state index contributed by atoms with van der Waals surface area (Å²) in [5.41, 5.74) is -0.0723. The molecule has 0 radical (unpaired) electrons. The van der Waals surface area contributed by atoms with Crippen LogP contribution < -0.4 is 4.74 Å². The summed E-state index contributed by atoms with van der Waals surface area (Å²) in [5.74, 6) is 2.49. The van der Waals surface area contributed by atoms with Gasteiger partial charge in [0.1, 0.15) is 0 Å². The molecule has 0 spiro atoms. The maximum Gasteiger partial charge on any atom is 0.330 e. The molecule has 0 aliphatic carbocycles. The fourth-order valence-electron chi connectivity index (χ4n) is 1.91. The summed E-state index contributed by atoms with van der Waals surface area (Å²) in [6.07, 6.45) is 2.36. The number of hydrogen-bond acceptors (Lipinski definition) is 6. The first-order chi connectivity index (χ1) is 9.27. The summed E-state index contributed by atoms with van der Waals surface area (Å²) in [7, 11) is 0. The Bertz CT molecular complexity index is 424. The Hall–Kier alpha value is -1.34. The van der Waals surface area contributed by atoms with Gasteiger partial charge in [0.05, 0.1) is 11.5 Å². The normalized spacial score (nSPS) is 16.2. The quantitative estimate of drug-likeness (QED) is 0.450. The molecule has 2 heterocycles. The molecule has 104 valence electrons. The Balaban J connectivity index is 1.74. The number of thioether (sulfide) groups is 1. The van der Waals surface area contributed by atoms with E-state index in [9.17, 15) is 10.1 Å². The van der Waals surface area contributed by atoms with E-state index in [4.69, 9.17) is 4.74 Å². The first-order valence-corrected chi connectivity index (χ1v) is 7.45. The summed E-state index contributed by atoms with van der Waals surface area (Å²) in [5, 5.41) is 10.8. The fraction of sp³-hybridized carbons (Fsp3) is 0.583. The lowest BCUT2D eigenvalue weighted by molar-refractivity contribution is -0.386. The van der Waals surface area contributed by atoms with Gasteiger partial charge in [-0.05, 0) is 12.5 Å². The molecule has 0 atom stereocenters. The van der Waals surface area contributed by atoms with Crippen LogP contribution in [0.4, 0.5) is 5.69 Å². The van der Waals surface area contributed by atoms with Crippen molar-refractivity contribution >= 4 is 17.4 Å². The lowest BCUT2D eigenvalue weighted by Gasteiger charge is -2.25. The molecule has 7 heteroatoms. The van der Waals surface area contributed by atoms with Crippen molar-refractivity contribution in [3.05, 3.63) is 28.4 Å². The van der Waals surface area contributed by atoms with Crippen LogP contribution in [0.1, 0.15) is 6.42 Å². The zero-order chi connectivity index (χ0) is 13.5. The maximum absolute atomic E-state index is 10.8. The lowest BCUT2D eigenvalue weighted by atomic mass is 10.4. The van der Waals surface area contributed by atoms with Crippen LogP contribution in [0.25, 0.3) is 0 Å². The van der Waals surface area contributed by atoms with E-state index in [1.807, 2.05) is 11.8 Å². The van der Waals surface area contributed by atoms with E-state index in [-0.39, 0.29) is 11.6 Å². The van der Waals surface area contributed by atoms with Gasteiger partial charge in [-0.15, -0.1) is 0 Å². The second-order valence-electron chi connectivity index (χ2n) is 4.24. The molecule has 1 aliphatic heterocycles. The number of ether oxygens (including phenoxy) is 1. The Labute approximate surface area is 116 Å². The summed E-state index contributed by atoms with van der Waals surface area (Å²) in [4.78, 5) is 16.6. The van der Waals surface area contributed by atoms with Crippen molar-refractivity contribution in [3.8, 4) is 5.88 Å². The van der Waals surface area contributed by atoms with Gasteiger partial charge in [0.2, 0.25) is 0 Å². The molecule has 0 N–H and O–H groups in total. The molecule has 0 amide bonds. The van der Waals surface area contributed by atoms with Gasteiger partial charge >= 0.3 is 5.69 Å². The van der Waals surface area contributed by atoms with Gasteiger partial charge in [0.15, 0.2) is 0 Å². The molecule has 6 nitrogen and oxygen atoms in total. The second-order valence-corrected chi connectivity index (χ2v) is 5.47. The highest BCUT2D eigenvalue weighted by Crippen LogP contribution is 2.22. The van der Waals surface area contributed by atoms with E-state index in [2.05, 4.69) is 9.88 Å². The zero-order valence-electron chi connectivity index (χ0n) is 10.7. The van der Waals surface area contributed by atoms with Crippen LogP contribution in [0.3, 0.4) is 0 Å². The first kappa shape index (κ1) is 14.1. The lowest BCUT2D eigenvalue weighted by Crippen LogP contribution is -2.33. The van der Waals surface area contributed by atoms with E-state index >= 15 is 0 Å². The van der Waals surface area contributed by atoms with Gasteiger partial charge in [-0.3, -0.25) is 10.1 Å². The van der Waals surface area contributed by atoms with E-state index in [0.717, 1.165) is 26.1 Å². The number of nitro groups is 1. The molecule has 19 heavy (non-hydrogen) atoms. The van der Waals surface area contributed by atoms with Crippen molar-refractivity contribution in [2.24, 2.45) is 0 Å². The minimum Gasteiger partial charge on any atom is -0.473 e. The number of pyridine rings is 1. The second kappa shape index (κ2) is 7.30. The number of rotatable bonds is 6. The van der Waals surface area contributed by atoms with Crippen molar-refractivity contribution in [1.82, 2.24) is 9.88 Å². The van der Waals surface area contributed by atoms with E-state index in [1.54, 1.807) is 0 Å². The molecule has 1 aromatic heterocycles. The van der Waals surface area contributed by atoms with Crippen molar-refractivity contribution in [2.45, 2.75) is 6.42 Å². The number of nitrogens with zero attached hydrogens (tertiary/aromatic N) is 3. The molecule has 1 saturated heterocycles. The third kappa shape index (κ3) is 4.36. The van der Waals surface area contributed by atoms with Crippen molar-refractivity contribution in [2.75, 3.05) is 37.7 Å². The topological polar surface area (TPSA) is 68.5 Å². The molecule has 1 aromatic rings. The summed E-state index contributed by atoms with van der Waals surface area (Å²) in [6.45, 7) is 3.67. The van der Waals surface area contributed by atoms with Crippen LogP contribution in [0.2, 0.25) is 0 Å². The minimum absolute atomic E-state index is 0.0723. The van der Waals surface area contributed by atoms with Gasteiger partial charge in [0.25, 0.3) is 5.88 Å². The maximum atomic E-state index is 10.8. The summed E-state index contributed by atoms with van der Waals surface area (Å²) in [6, 6.07) is 2.95. The number of hydrogen-bond donors (Lipinski definition) is 0. The third-order valence-electron chi connectivity index (χ3n) is 2.91. The molecule has 1 aliphatic rings. The van der Waals surface area contributed by atoms with E-state index < -0.39 is 4.92 Å². The highest BCUT2D eigenvalue weighted by molar-refractivity contribution is 7.99. The third-order valence-corrected chi connectivity index (χ3v) is 3.85. The Morgan fingerprint density at radius 2 is 2.26 bits per heavy atom. The molecule has 0 bridgehead atoms. The molecular formula is C12H17N3O3S. The van der Waals surface area contributed by atoms with Gasteiger partial charge in [-0.25, -0.2) is 4.98 Å². The molecule has 0 aromatic carbocycles.